The molecule has 0 amide bonds. The maximum absolute atomic E-state index is 13.1. The Hall–Kier alpha value is -1.77. The van der Waals surface area contributed by atoms with Gasteiger partial charge in [-0.3, -0.25) is 4.99 Å². The molecule has 9 heteroatoms. The zero-order chi connectivity index (χ0) is 15.2. The smallest absolute Gasteiger partial charge is 0.212 e. The number of hydrogen-bond acceptors (Lipinski definition) is 5. The summed E-state index contributed by atoms with van der Waals surface area (Å²) in [6.45, 7) is 2.80. The maximum atomic E-state index is 13.1. The van der Waals surface area contributed by atoms with Gasteiger partial charge in [-0.25, -0.2) is 4.39 Å². The molecule has 0 aliphatic carbocycles. The van der Waals surface area contributed by atoms with E-state index in [0.717, 1.165) is 11.1 Å². The summed E-state index contributed by atoms with van der Waals surface area (Å²) in [5.41, 5.74) is 7.37. The Bertz CT molecular complexity index is 649. The van der Waals surface area contributed by atoms with E-state index in [4.69, 9.17) is 10.5 Å². The lowest BCUT2D eigenvalue weighted by Gasteiger charge is -2.01. The number of nitrogens with zero attached hydrogens (tertiary/aromatic N) is 3. The Balaban J connectivity index is 0.00000242. The zero-order valence-electron chi connectivity index (χ0n) is 12.2. The Morgan fingerprint density at radius 3 is 2.91 bits per heavy atom. The lowest BCUT2D eigenvalue weighted by atomic mass is 10.1. The summed E-state index contributed by atoms with van der Waals surface area (Å²) in [5.74, 6) is -0.0146. The number of aryl methyl sites for hydroxylation is 1. The molecule has 1 aromatic carbocycles. The van der Waals surface area contributed by atoms with Gasteiger partial charge in [0.1, 0.15) is 10.8 Å². The topological polar surface area (TPSA) is 85.4 Å². The van der Waals surface area contributed by atoms with Gasteiger partial charge in [0.25, 0.3) is 0 Å². The SMILES string of the molecule is COCCN=C(N)Nc1nnc(-c2ccc(F)cc2C)s1.Cl. The van der Waals surface area contributed by atoms with Crippen LogP contribution in [0.5, 0.6) is 0 Å². The molecule has 0 radical (unpaired) electrons. The number of halogens is 2. The van der Waals surface area contributed by atoms with Crippen LogP contribution in [0.15, 0.2) is 23.2 Å². The summed E-state index contributed by atoms with van der Waals surface area (Å²) in [7, 11) is 1.60. The van der Waals surface area contributed by atoms with Crippen molar-refractivity contribution in [2.75, 3.05) is 25.6 Å². The van der Waals surface area contributed by atoms with Crippen molar-refractivity contribution in [1.82, 2.24) is 10.2 Å². The van der Waals surface area contributed by atoms with E-state index in [9.17, 15) is 4.39 Å². The Kier molecular flexibility index (Phi) is 7.16. The summed E-state index contributed by atoms with van der Waals surface area (Å²) in [4.78, 5) is 4.07. The summed E-state index contributed by atoms with van der Waals surface area (Å²) >= 11 is 1.33. The van der Waals surface area contributed by atoms with Crippen LogP contribution >= 0.6 is 23.7 Å². The predicted octanol–water partition coefficient (Wildman–Crippen LogP) is 2.45. The van der Waals surface area contributed by atoms with E-state index >= 15 is 0 Å². The number of rotatable bonds is 5. The van der Waals surface area contributed by atoms with Gasteiger partial charge in [-0.2, -0.15) is 0 Å². The van der Waals surface area contributed by atoms with Crippen molar-refractivity contribution in [3.05, 3.63) is 29.6 Å². The van der Waals surface area contributed by atoms with Crippen molar-refractivity contribution in [3.63, 3.8) is 0 Å². The average Bonchev–Trinajstić information content (AvgIpc) is 2.87. The normalized spacial score (nSPS) is 11.1. The van der Waals surface area contributed by atoms with Crippen LogP contribution in [0.4, 0.5) is 9.52 Å². The predicted molar refractivity (Wildman–Crippen MR) is 89.3 cm³/mol. The summed E-state index contributed by atoms with van der Waals surface area (Å²) in [5, 5.41) is 12.2. The Morgan fingerprint density at radius 2 is 2.23 bits per heavy atom. The summed E-state index contributed by atoms with van der Waals surface area (Å²) in [6, 6.07) is 4.55. The minimum Gasteiger partial charge on any atom is -0.383 e. The molecule has 0 fully saturated rings. The van der Waals surface area contributed by atoms with Crippen LogP contribution < -0.4 is 11.1 Å². The fourth-order valence-corrected chi connectivity index (χ4v) is 2.50. The number of nitrogens with two attached hydrogens (primary N) is 1. The van der Waals surface area contributed by atoms with Crippen LogP contribution in [-0.4, -0.2) is 36.4 Å². The third-order valence-corrected chi connectivity index (χ3v) is 3.53. The van der Waals surface area contributed by atoms with Gasteiger partial charge in [-0.15, -0.1) is 22.6 Å². The third-order valence-electron chi connectivity index (χ3n) is 2.66. The molecular formula is C13H17ClFN5OS. The van der Waals surface area contributed by atoms with Gasteiger partial charge in [-0.05, 0) is 30.7 Å². The minimum absolute atomic E-state index is 0. The van der Waals surface area contributed by atoms with E-state index in [0.29, 0.717) is 23.3 Å². The van der Waals surface area contributed by atoms with Crippen LogP contribution in [0.3, 0.4) is 0 Å². The number of nitrogens with one attached hydrogen (secondary N) is 1. The second-order valence-corrected chi connectivity index (χ2v) is 5.23. The lowest BCUT2D eigenvalue weighted by Crippen LogP contribution is -2.23. The number of anilines is 1. The number of aromatic nitrogens is 2. The number of aliphatic imine (C=N–C) groups is 1. The number of benzene rings is 1. The van der Waals surface area contributed by atoms with Gasteiger partial charge in [-0.1, -0.05) is 11.3 Å². The summed E-state index contributed by atoms with van der Waals surface area (Å²) in [6.07, 6.45) is 0. The summed E-state index contributed by atoms with van der Waals surface area (Å²) < 4.78 is 18.0. The minimum atomic E-state index is -0.270. The fourth-order valence-electron chi connectivity index (χ4n) is 1.66. The van der Waals surface area contributed by atoms with Gasteiger partial charge in [0.15, 0.2) is 5.96 Å². The molecule has 1 heterocycles. The highest BCUT2D eigenvalue weighted by atomic mass is 35.5. The average molecular weight is 346 g/mol. The van der Waals surface area contributed by atoms with E-state index in [1.165, 1.54) is 23.5 Å². The molecule has 0 aliphatic heterocycles. The highest BCUT2D eigenvalue weighted by Gasteiger charge is 2.10. The standard InChI is InChI=1S/C13H16FN5OS.ClH/c1-8-7-9(14)3-4-10(8)11-18-19-13(21-11)17-12(15)16-5-6-20-2;/h3-4,7H,5-6H2,1-2H3,(H3,15,16,17,19);1H. The first-order valence-corrected chi connectivity index (χ1v) is 7.07. The second kappa shape index (κ2) is 8.62. The molecule has 0 saturated heterocycles. The molecule has 0 spiro atoms. The molecule has 120 valence electrons. The molecule has 2 aromatic rings. The Labute approximate surface area is 138 Å². The largest absolute Gasteiger partial charge is 0.383 e. The lowest BCUT2D eigenvalue weighted by molar-refractivity contribution is 0.208. The van der Waals surface area contributed by atoms with Gasteiger partial charge >= 0.3 is 0 Å². The molecule has 0 aliphatic rings. The van der Waals surface area contributed by atoms with Crippen molar-refractivity contribution in [2.24, 2.45) is 10.7 Å². The van der Waals surface area contributed by atoms with Crippen molar-refractivity contribution in [2.45, 2.75) is 6.92 Å². The highest BCUT2D eigenvalue weighted by molar-refractivity contribution is 7.18. The molecule has 3 N–H and O–H groups in total. The third kappa shape index (κ3) is 4.90. The monoisotopic (exact) mass is 345 g/mol. The number of methoxy groups -OCH3 is 1. The molecule has 0 saturated carbocycles. The second-order valence-electron chi connectivity index (χ2n) is 4.26. The molecular weight excluding hydrogens is 329 g/mol. The molecule has 6 nitrogen and oxygen atoms in total. The Morgan fingerprint density at radius 1 is 1.45 bits per heavy atom. The van der Waals surface area contributed by atoms with Crippen LogP contribution in [0, 0.1) is 12.7 Å². The molecule has 22 heavy (non-hydrogen) atoms. The first-order valence-electron chi connectivity index (χ1n) is 6.26. The number of ether oxygens (including phenoxy) is 1. The van der Waals surface area contributed by atoms with E-state index in [-0.39, 0.29) is 24.2 Å². The quantitative estimate of drug-likeness (QED) is 0.494. The molecule has 0 unspecified atom stereocenters. The van der Waals surface area contributed by atoms with E-state index < -0.39 is 0 Å². The number of hydrogen-bond donors (Lipinski definition) is 2. The van der Waals surface area contributed by atoms with Gasteiger partial charge < -0.3 is 15.8 Å². The van der Waals surface area contributed by atoms with Crippen molar-refractivity contribution in [3.8, 4) is 10.6 Å². The zero-order valence-corrected chi connectivity index (χ0v) is 13.8. The van der Waals surface area contributed by atoms with Crippen LogP contribution in [0.2, 0.25) is 0 Å². The van der Waals surface area contributed by atoms with Crippen molar-refractivity contribution >= 4 is 34.8 Å². The van der Waals surface area contributed by atoms with E-state index in [1.54, 1.807) is 13.2 Å². The molecule has 1 aromatic heterocycles. The first kappa shape index (κ1) is 18.3. The van der Waals surface area contributed by atoms with E-state index in [1.807, 2.05) is 6.92 Å². The number of guanidine groups is 1. The van der Waals surface area contributed by atoms with Gasteiger partial charge in [0, 0.05) is 12.7 Å². The van der Waals surface area contributed by atoms with Crippen LogP contribution in [0.25, 0.3) is 10.6 Å². The van der Waals surface area contributed by atoms with Crippen molar-refractivity contribution < 1.29 is 9.13 Å². The van der Waals surface area contributed by atoms with Crippen LogP contribution in [0.1, 0.15) is 5.56 Å². The van der Waals surface area contributed by atoms with Gasteiger partial charge in [0.05, 0.1) is 13.2 Å². The molecule has 0 bridgehead atoms. The van der Waals surface area contributed by atoms with Crippen molar-refractivity contribution in [1.29, 1.82) is 0 Å². The molecule has 0 atom stereocenters. The van der Waals surface area contributed by atoms with Crippen LogP contribution in [-0.2, 0) is 4.74 Å². The molecule has 2 rings (SSSR count). The highest BCUT2D eigenvalue weighted by Crippen LogP contribution is 2.29. The fraction of sp³-hybridized carbons (Fsp3) is 0.308. The first-order chi connectivity index (χ1) is 10.1. The maximum Gasteiger partial charge on any atom is 0.212 e. The van der Waals surface area contributed by atoms with Gasteiger partial charge in [0.2, 0.25) is 5.13 Å². The van der Waals surface area contributed by atoms with E-state index in [2.05, 4.69) is 20.5 Å².